The summed E-state index contributed by atoms with van der Waals surface area (Å²) in [6, 6.07) is 3.27. The van der Waals surface area contributed by atoms with Gasteiger partial charge in [0.15, 0.2) is 17.3 Å². The van der Waals surface area contributed by atoms with E-state index < -0.39 is 10.0 Å². The molecule has 0 aliphatic heterocycles. The SMILES string of the molecule is COc1ccc(-c2nccn2S(C)(=O)=O)c(Cl)c1OC. The monoisotopic (exact) mass is 316 g/mol. The molecule has 2 aromatic rings. The third-order valence-corrected chi connectivity index (χ3v) is 4.08. The van der Waals surface area contributed by atoms with Gasteiger partial charge in [-0.15, -0.1) is 0 Å². The lowest BCUT2D eigenvalue weighted by Crippen LogP contribution is -2.10. The highest BCUT2D eigenvalue weighted by Crippen LogP contribution is 2.41. The van der Waals surface area contributed by atoms with Gasteiger partial charge in [-0.2, -0.15) is 0 Å². The Balaban J connectivity index is 2.69. The van der Waals surface area contributed by atoms with Crippen molar-refractivity contribution in [2.75, 3.05) is 20.5 Å². The van der Waals surface area contributed by atoms with E-state index >= 15 is 0 Å². The Morgan fingerprint density at radius 3 is 2.50 bits per heavy atom. The molecule has 0 unspecified atom stereocenters. The van der Waals surface area contributed by atoms with Gasteiger partial charge in [-0.05, 0) is 12.1 Å². The summed E-state index contributed by atoms with van der Waals surface area (Å²) < 4.78 is 34.8. The van der Waals surface area contributed by atoms with E-state index in [-0.39, 0.29) is 10.8 Å². The number of methoxy groups -OCH3 is 2. The van der Waals surface area contributed by atoms with Crippen LogP contribution in [-0.2, 0) is 10.0 Å². The van der Waals surface area contributed by atoms with Crippen LogP contribution < -0.4 is 9.47 Å². The van der Waals surface area contributed by atoms with Crippen molar-refractivity contribution in [2.24, 2.45) is 0 Å². The zero-order chi connectivity index (χ0) is 14.9. The molecular formula is C12H13ClN2O4S. The molecule has 20 heavy (non-hydrogen) atoms. The fourth-order valence-electron chi connectivity index (χ4n) is 1.81. The Morgan fingerprint density at radius 2 is 1.95 bits per heavy atom. The largest absolute Gasteiger partial charge is 0.493 e. The van der Waals surface area contributed by atoms with Crippen molar-refractivity contribution in [3.8, 4) is 22.9 Å². The normalized spacial score (nSPS) is 11.4. The molecule has 108 valence electrons. The summed E-state index contributed by atoms with van der Waals surface area (Å²) in [6.07, 6.45) is 3.84. The van der Waals surface area contributed by atoms with Crippen LogP contribution >= 0.6 is 11.6 Å². The third-order valence-electron chi connectivity index (χ3n) is 2.69. The van der Waals surface area contributed by atoms with Crippen molar-refractivity contribution >= 4 is 21.6 Å². The topological polar surface area (TPSA) is 70.4 Å². The van der Waals surface area contributed by atoms with E-state index in [1.807, 2.05) is 0 Å². The van der Waals surface area contributed by atoms with E-state index in [0.29, 0.717) is 17.1 Å². The van der Waals surface area contributed by atoms with Gasteiger partial charge in [-0.3, -0.25) is 0 Å². The molecule has 0 amide bonds. The Bertz CT molecular complexity index is 740. The van der Waals surface area contributed by atoms with Crippen molar-refractivity contribution in [2.45, 2.75) is 0 Å². The summed E-state index contributed by atoms with van der Waals surface area (Å²) in [5.41, 5.74) is 0.444. The van der Waals surface area contributed by atoms with Gasteiger partial charge in [0, 0.05) is 18.0 Å². The quantitative estimate of drug-likeness (QED) is 0.863. The molecule has 6 nitrogen and oxygen atoms in total. The molecule has 0 aliphatic rings. The number of halogens is 1. The Morgan fingerprint density at radius 1 is 1.25 bits per heavy atom. The minimum atomic E-state index is -3.47. The molecule has 0 spiro atoms. The lowest BCUT2D eigenvalue weighted by atomic mass is 10.2. The van der Waals surface area contributed by atoms with Crippen LogP contribution in [0.4, 0.5) is 0 Å². The number of rotatable bonds is 4. The fourth-order valence-corrected chi connectivity index (χ4v) is 2.86. The number of hydrogen-bond donors (Lipinski definition) is 0. The van der Waals surface area contributed by atoms with Gasteiger partial charge in [0.05, 0.1) is 25.5 Å². The number of benzene rings is 1. The molecule has 0 atom stereocenters. The summed E-state index contributed by atoms with van der Waals surface area (Å²) in [5.74, 6) is 1.01. The van der Waals surface area contributed by atoms with Crippen LogP contribution in [-0.4, -0.2) is 37.8 Å². The average molecular weight is 317 g/mol. The first kappa shape index (κ1) is 14.7. The second kappa shape index (κ2) is 5.34. The first-order valence-electron chi connectivity index (χ1n) is 5.55. The van der Waals surface area contributed by atoms with Crippen LogP contribution in [0, 0.1) is 0 Å². The second-order valence-corrected chi connectivity index (χ2v) is 6.21. The van der Waals surface area contributed by atoms with Crippen LogP contribution in [0.5, 0.6) is 11.5 Å². The van der Waals surface area contributed by atoms with Gasteiger partial charge in [-0.25, -0.2) is 17.4 Å². The summed E-state index contributed by atoms with van der Waals surface area (Å²) >= 11 is 6.25. The molecule has 1 heterocycles. The van der Waals surface area contributed by atoms with Gasteiger partial charge in [0.2, 0.25) is 10.0 Å². The van der Waals surface area contributed by atoms with Crippen molar-refractivity contribution in [3.63, 3.8) is 0 Å². The molecule has 0 saturated heterocycles. The maximum Gasteiger partial charge on any atom is 0.237 e. The highest BCUT2D eigenvalue weighted by Gasteiger charge is 2.20. The number of ether oxygens (including phenoxy) is 2. The van der Waals surface area contributed by atoms with Crippen LogP contribution in [0.25, 0.3) is 11.4 Å². The van der Waals surface area contributed by atoms with Gasteiger partial charge in [-0.1, -0.05) is 11.6 Å². The zero-order valence-electron chi connectivity index (χ0n) is 11.1. The average Bonchev–Trinajstić information content (AvgIpc) is 2.87. The van der Waals surface area contributed by atoms with Gasteiger partial charge < -0.3 is 9.47 Å². The Kier molecular flexibility index (Phi) is 3.92. The van der Waals surface area contributed by atoms with E-state index in [1.54, 1.807) is 12.1 Å². The molecular weight excluding hydrogens is 304 g/mol. The molecule has 0 aliphatic carbocycles. The third kappa shape index (κ3) is 2.46. The first-order chi connectivity index (χ1) is 9.40. The molecule has 0 bridgehead atoms. The lowest BCUT2D eigenvalue weighted by molar-refractivity contribution is 0.355. The van der Waals surface area contributed by atoms with Crippen LogP contribution in [0.15, 0.2) is 24.5 Å². The maximum absolute atomic E-state index is 11.7. The van der Waals surface area contributed by atoms with E-state index in [4.69, 9.17) is 21.1 Å². The van der Waals surface area contributed by atoms with E-state index in [9.17, 15) is 8.42 Å². The van der Waals surface area contributed by atoms with E-state index in [0.717, 1.165) is 10.2 Å². The number of aromatic nitrogens is 2. The van der Waals surface area contributed by atoms with Crippen LogP contribution in [0.2, 0.25) is 5.02 Å². The maximum atomic E-state index is 11.7. The molecule has 0 fully saturated rings. The molecule has 1 aromatic heterocycles. The number of hydrogen-bond acceptors (Lipinski definition) is 5. The van der Waals surface area contributed by atoms with Gasteiger partial charge >= 0.3 is 0 Å². The highest BCUT2D eigenvalue weighted by atomic mass is 35.5. The van der Waals surface area contributed by atoms with E-state index in [2.05, 4.69) is 4.98 Å². The molecule has 0 radical (unpaired) electrons. The van der Waals surface area contributed by atoms with Crippen LogP contribution in [0.3, 0.4) is 0 Å². The van der Waals surface area contributed by atoms with Crippen molar-refractivity contribution in [3.05, 3.63) is 29.5 Å². The number of imidazole rings is 1. The first-order valence-corrected chi connectivity index (χ1v) is 7.77. The molecule has 0 N–H and O–H groups in total. The lowest BCUT2D eigenvalue weighted by Gasteiger charge is -2.13. The fraction of sp³-hybridized carbons (Fsp3) is 0.250. The standard InChI is InChI=1S/C12H13ClN2O4S/c1-18-9-5-4-8(10(13)11(9)19-2)12-14-6-7-15(12)20(3,16)17/h4-7H,1-3H3. The summed E-state index contributed by atoms with van der Waals surface area (Å²) in [6.45, 7) is 0. The van der Waals surface area contributed by atoms with Crippen molar-refractivity contribution < 1.29 is 17.9 Å². The predicted octanol–water partition coefficient (Wildman–Crippen LogP) is 2.03. The van der Waals surface area contributed by atoms with Gasteiger partial charge in [0.1, 0.15) is 0 Å². The minimum absolute atomic E-state index is 0.221. The minimum Gasteiger partial charge on any atom is -0.493 e. The van der Waals surface area contributed by atoms with Crippen molar-refractivity contribution in [1.29, 1.82) is 0 Å². The van der Waals surface area contributed by atoms with Crippen molar-refractivity contribution in [1.82, 2.24) is 8.96 Å². The summed E-state index contributed by atoms with van der Waals surface area (Å²) in [5, 5.41) is 0.239. The zero-order valence-corrected chi connectivity index (χ0v) is 12.7. The van der Waals surface area contributed by atoms with Crippen LogP contribution in [0.1, 0.15) is 0 Å². The molecule has 2 rings (SSSR count). The van der Waals surface area contributed by atoms with Gasteiger partial charge in [0.25, 0.3) is 0 Å². The molecule has 1 aromatic carbocycles. The Hall–Kier alpha value is -1.73. The second-order valence-electron chi connectivity index (χ2n) is 3.97. The Labute approximate surface area is 122 Å². The molecule has 0 saturated carbocycles. The summed E-state index contributed by atoms with van der Waals surface area (Å²) in [7, 11) is -0.521. The predicted molar refractivity (Wildman–Crippen MR) is 76.0 cm³/mol. The highest BCUT2D eigenvalue weighted by molar-refractivity contribution is 7.89. The molecule has 8 heteroatoms. The number of nitrogens with zero attached hydrogens (tertiary/aromatic N) is 2. The van der Waals surface area contributed by atoms with E-state index in [1.165, 1.54) is 26.6 Å². The summed E-state index contributed by atoms with van der Waals surface area (Å²) in [4.78, 5) is 4.05. The smallest absolute Gasteiger partial charge is 0.237 e.